The molecule has 28 heavy (non-hydrogen) atoms. The topological polar surface area (TPSA) is 52.2 Å². The monoisotopic (exact) mass is 370 g/mol. The molecule has 2 aromatic carbocycles. The minimum absolute atomic E-state index is 0.00166. The molecule has 0 aliphatic heterocycles. The van der Waals surface area contributed by atoms with E-state index in [9.17, 15) is 4.79 Å². The van der Waals surface area contributed by atoms with Gasteiger partial charge in [0.15, 0.2) is 0 Å². The number of hydrogen-bond acceptors (Lipinski definition) is 3. The molecule has 1 unspecified atom stereocenters. The molecule has 5 nitrogen and oxygen atoms in total. The standard InChI is InChI=1S/C23H22N4O/c1-4-23(3)13-16-7-5-6-8-18(16)20-19(23)21(28)27(22-25-24-14-26(20)22)17-11-9-15(2)10-12-17/h5-12,14H,4,13H2,1-3H3. The lowest BCUT2D eigenvalue weighted by Gasteiger charge is -2.36. The van der Waals surface area contributed by atoms with E-state index in [0.717, 1.165) is 40.9 Å². The molecular formula is C23H22N4O. The van der Waals surface area contributed by atoms with Crippen LogP contribution in [0.5, 0.6) is 0 Å². The summed E-state index contributed by atoms with van der Waals surface area (Å²) < 4.78 is 3.68. The van der Waals surface area contributed by atoms with E-state index in [4.69, 9.17) is 0 Å². The Bertz CT molecular complexity index is 1270. The van der Waals surface area contributed by atoms with Gasteiger partial charge in [0, 0.05) is 16.5 Å². The van der Waals surface area contributed by atoms with E-state index in [2.05, 4.69) is 42.2 Å². The van der Waals surface area contributed by atoms with Crippen molar-refractivity contribution in [3.05, 3.63) is 81.9 Å². The van der Waals surface area contributed by atoms with Gasteiger partial charge in [-0.2, -0.15) is 0 Å². The predicted octanol–water partition coefficient (Wildman–Crippen LogP) is 4.08. The van der Waals surface area contributed by atoms with Gasteiger partial charge in [0.05, 0.1) is 11.4 Å². The van der Waals surface area contributed by atoms with Crippen molar-refractivity contribution in [3.8, 4) is 16.9 Å². The van der Waals surface area contributed by atoms with Gasteiger partial charge < -0.3 is 0 Å². The highest BCUT2D eigenvalue weighted by Gasteiger charge is 2.38. The van der Waals surface area contributed by atoms with Gasteiger partial charge >= 0.3 is 0 Å². The van der Waals surface area contributed by atoms with E-state index in [0.29, 0.717) is 5.78 Å². The summed E-state index contributed by atoms with van der Waals surface area (Å²) in [6.07, 6.45) is 3.45. The van der Waals surface area contributed by atoms with Crippen LogP contribution in [0.15, 0.2) is 59.7 Å². The first kappa shape index (κ1) is 16.9. The quantitative estimate of drug-likeness (QED) is 0.534. The minimum Gasteiger partial charge on any atom is -0.268 e. The highest BCUT2D eigenvalue weighted by atomic mass is 16.1. The molecule has 2 aromatic heterocycles. The number of benzene rings is 2. The van der Waals surface area contributed by atoms with E-state index < -0.39 is 0 Å². The Kier molecular flexibility index (Phi) is 3.56. The molecule has 5 rings (SSSR count). The minimum atomic E-state index is -0.244. The van der Waals surface area contributed by atoms with Crippen LogP contribution in [0.4, 0.5) is 0 Å². The van der Waals surface area contributed by atoms with Gasteiger partial charge in [-0.05, 0) is 37.5 Å². The van der Waals surface area contributed by atoms with E-state index in [1.165, 1.54) is 5.56 Å². The maximum Gasteiger partial charge on any atom is 0.263 e. The zero-order chi connectivity index (χ0) is 19.5. The third-order valence-electron chi connectivity index (χ3n) is 6.15. The predicted molar refractivity (Wildman–Crippen MR) is 110 cm³/mol. The first-order chi connectivity index (χ1) is 13.5. The summed E-state index contributed by atoms with van der Waals surface area (Å²) in [4.78, 5) is 13.9. The number of aryl methyl sites for hydroxylation is 1. The fourth-order valence-electron chi connectivity index (χ4n) is 4.41. The third-order valence-corrected chi connectivity index (χ3v) is 6.15. The van der Waals surface area contributed by atoms with E-state index in [-0.39, 0.29) is 11.0 Å². The van der Waals surface area contributed by atoms with Gasteiger partial charge in [-0.15, -0.1) is 10.2 Å². The van der Waals surface area contributed by atoms with Crippen molar-refractivity contribution in [1.29, 1.82) is 0 Å². The fraction of sp³-hybridized carbons (Fsp3) is 0.261. The van der Waals surface area contributed by atoms with Gasteiger partial charge in [0.25, 0.3) is 5.56 Å². The van der Waals surface area contributed by atoms with Gasteiger partial charge in [-0.25, -0.2) is 4.57 Å². The van der Waals surface area contributed by atoms with Crippen molar-refractivity contribution in [3.63, 3.8) is 0 Å². The van der Waals surface area contributed by atoms with Crippen LogP contribution in [0.2, 0.25) is 0 Å². The molecule has 0 amide bonds. The number of hydrogen-bond donors (Lipinski definition) is 0. The molecule has 0 saturated carbocycles. The number of rotatable bonds is 2. The molecule has 140 valence electrons. The lowest BCUT2D eigenvalue weighted by Crippen LogP contribution is -2.39. The average Bonchev–Trinajstić information content (AvgIpc) is 3.18. The second-order valence-corrected chi connectivity index (χ2v) is 7.95. The van der Waals surface area contributed by atoms with Crippen LogP contribution in [0.25, 0.3) is 22.7 Å². The van der Waals surface area contributed by atoms with Crippen LogP contribution < -0.4 is 5.56 Å². The van der Waals surface area contributed by atoms with Crippen molar-refractivity contribution in [1.82, 2.24) is 19.2 Å². The highest BCUT2D eigenvalue weighted by Crippen LogP contribution is 2.43. The Morgan fingerprint density at radius 3 is 2.61 bits per heavy atom. The zero-order valence-corrected chi connectivity index (χ0v) is 16.3. The van der Waals surface area contributed by atoms with Crippen LogP contribution in [0.3, 0.4) is 0 Å². The Hall–Kier alpha value is -3.21. The van der Waals surface area contributed by atoms with Crippen LogP contribution in [-0.4, -0.2) is 19.2 Å². The number of aromatic nitrogens is 4. The van der Waals surface area contributed by atoms with Crippen LogP contribution >= 0.6 is 0 Å². The largest absolute Gasteiger partial charge is 0.268 e. The summed E-state index contributed by atoms with van der Waals surface area (Å²) in [5.74, 6) is 0.544. The summed E-state index contributed by atoms with van der Waals surface area (Å²) in [5, 5.41) is 8.46. The summed E-state index contributed by atoms with van der Waals surface area (Å²) in [5.41, 5.74) is 5.86. The van der Waals surface area contributed by atoms with Crippen molar-refractivity contribution in [2.45, 2.75) is 39.0 Å². The second-order valence-electron chi connectivity index (χ2n) is 7.95. The molecule has 4 aromatic rings. The van der Waals surface area contributed by atoms with Gasteiger partial charge in [-0.1, -0.05) is 55.8 Å². The first-order valence-electron chi connectivity index (χ1n) is 9.68. The van der Waals surface area contributed by atoms with Gasteiger partial charge in [0.2, 0.25) is 5.78 Å². The molecule has 0 saturated heterocycles. The van der Waals surface area contributed by atoms with E-state index >= 15 is 0 Å². The molecule has 0 spiro atoms. The van der Waals surface area contributed by atoms with E-state index in [1.54, 1.807) is 10.9 Å². The molecule has 2 heterocycles. The molecular weight excluding hydrogens is 348 g/mol. The van der Waals surface area contributed by atoms with Crippen molar-refractivity contribution >= 4 is 5.78 Å². The molecule has 1 aliphatic carbocycles. The van der Waals surface area contributed by atoms with Gasteiger partial charge in [-0.3, -0.25) is 9.20 Å². The van der Waals surface area contributed by atoms with Gasteiger partial charge in [0.1, 0.15) is 6.33 Å². The zero-order valence-electron chi connectivity index (χ0n) is 16.3. The lowest BCUT2D eigenvalue weighted by molar-refractivity contribution is 0.438. The van der Waals surface area contributed by atoms with Crippen molar-refractivity contribution in [2.75, 3.05) is 0 Å². The Morgan fingerprint density at radius 2 is 1.86 bits per heavy atom. The summed E-state index contributed by atoms with van der Waals surface area (Å²) >= 11 is 0. The average molecular weight is 370 g/mol. The maximum atomic E-state index is 13.9. The molecule has 1 aliphatic rings. The normalized spacial score (nSPS) is 18.1. The molecule has 0 radical (unpaired) electrons. The Labute approximate surface area is 163 Å². The summed E-state index contributed by atoms with van der Waals surface area (Å²) in [7, 11) is 0. The first-order valence-corrected chi connectivity index (χ1v) is 9.68. The molecule has 0 bridgehead atoms. The lowest BCUT2D eigenvalue weighted by atomic mass is 9.69. The van der Waals surface area contributed by atoms with Crippen molar-refractivity contribution < 1.29 is 0 Å². The van der Waals surface area contributed by atoms with Crippen molar-refractivity contribution in [2.24, 2.45) is 0 Å². The maximum absolute atomic E-state index is 13.9. The molecule has 5 heteroatoms. The van der Waals surface area contributed by atoms with Crippen LogP contribution in [0.1, 0.15) is 37.0 Å². The Balaban J connectivity index is 1.96. The Morgan fingerprint density at radius 1 is 1.11 bits per heavy atom. The van der Waals surface area contributed by atoms with Crippen LogP contribution in [-0.2, 0) is 11.8 Å². The summed E-state index contributed by atoms with van der Waals surface area (Å²) in [6.45, 7) is 6.39. The van der Waals surface area contributed by atoms with Crippen LogP contribution in [0, 0.1) is 6.92 Å². The number of fused-ring (bicyclic) bond motifs is 5. The number of nitrogens with zero attached hydrogens (tertiary/aromatic N) is 4. The second kappa shape index (κ2) is 5.89. The fourth-order valence-corrected chi connectivity index (χ4v) is 4.41. The highest BCUT2D eigenvalue weighted by molar-refractivity contribution is 5.74. The molecule has 0 N–H and O–H groups in total. The SMILES string of the molecule is CCC1(C)Cc2ccccc2-c2c1c(=O)n(-c1ccc(C)cc1)c1nncn21. The smallest absolute Gasteiger partial charge is 0.263 e. The molecule has 0 fully saturated rings. The molecule has 1 atom stereocenters. The third kappa shape index (κ3) is 2.22. The summed E-state index contributed by atoms with van der Waals surface area (Å²) in [6, 6.07) is 16.3. The van der Waals surface area contributed by atoms with E-state index in [1.807, 2.05) is 41.7 Å².